The maximum absolute atomic E-state index is 13.9. The van der Waals surface area contributed by atoms with Gasteiger partial charge in [-0.1, -0.05) is 6.08 Å². The lowest BCUT2D eigenvalue weighted by molar-refractivity contribution is -0.137. The predicted octanol–water partition coefficient (Wildman–Crippen LogP) is 6.12. The Morgan fingerprint density at radius 1 is 0.978 bits per heavy atom. The molecule has 12 heteroatoms. The zero-order valence-corrected chi connectivity index (χ0v) is 24.8. The fourth-order valence-corrected chi connectivity index (χ4v) is 5.25. The lowest BCUT2D eigenvalue weighted by Crippen LogP contribution is -2.42. The third-order valence-electron chi connectivity index (χ3n) is 7.82. The minimum atomic E-state index is -4.41. The highest BCUT2D eigenvalue weighted by Gasteiger charge is 2.30. The number of rotatable bonds is 9. The second kappa shape index (κ2) is 14.9. The van der Waals surface area contributed by atoms with Crippen LogP contribution in [0.25, 0.3) is 0 Å². The van der Waals surface area contributed by atoms with Crippen LogP contribution in [-0.2, 0) is 15.8 Å². The molecule has 1 saturated carbocycles. The Balaban J connectivity index is 1.22. The smallest absolute Gasteiger partial charge is 0.416 e. The summed E-state index contributed by atoms with van der Waals surface area (Å²) in [6, 6.07) is 10.3. The fraction of sp³-hybridized carbons (Fsp3) is 0.394. The van der Waals surface area contributed by atoms with Gasteiger partial charge in [0.15, 0.2) is 0 Å². The number of carbonyl (C=O) groups excluding carboxylic acids is 2. The van der Waals surface area contributed by atoms with Crippen LogP contribution in [0.1, 0.15) is 56.6 Å². The molecule has 0 bridgehead atoms. The van der Waals surface area contributed by atoms with Gasteiger partial charge in [0, 0.05) is 43.6 Å². The molecule has 238 valence electrons. The van der Waals surface area contributed by atoms with Gasteiger partial charge in [0.25, 0.3) is 5.91 Å². The lowest BCUT2D eigenvalue weighted by atomic mass is 9.92. The first kappa shape index (κ1) is 33.2. The van der Waals surface area contributed by atoms with Crippen LogP contribution >= 0.6 is 0 Å². The molecule has 2 aliphatic rings. The minimum Gasteiger partial charge on any atom is -0.490 e. The van der Waals surface area contributed by atoms with Crippen LogP contribution < -0.4 is 14.8 Å². The van der Waals surface area contributed by atoms with Crippen molar-refractivity contribution in [2.24, 2.45) is 4.99 Å². The summed E-state index contributed by atoms with van der Waals surface area (Å²) in [5, 5.41) is 11.8. The van der Waals surface area contributed by atoms with Gasteiger partial charge >= 0.3 is 6.18 Å². The van der Waals surface area contributed by atoms with Crippen LogP contribution in [0.5, 0.6) is 11.5 Å². The third kappa shape index (κ3) is 9.17. The predicted molar refractivity (Wildman–Crippen MR) is 159 cm³/mol. The average molecular weight is 627 g/mol. The second-order valence-corrected chi connectivity index (χ2v) is 11.0. The number of ether oxygens (including phenoxy) is 2. The van der Waals surface area contributed by atoms with Crippen molar-refractivity contribution < 1.29 is 36.6 Å². The summed E-state index contributed by atoms with van der Waals surface area (Å²) in [7, 11) is 0. The van der Waals surface area contributed by atoms with Gasteiger partial charge in [0.2, 0.25) is 5.91 Å². The Morgan fingerprint density at radius 2 is 1.58 bits per heavy atom. The monoisotopic (exact) mass is 626 g/mol. The quantitative estimate of drug-likeness (QED) is 0.156. The molecule has 1 N–H and O–H groups in total. The molecule has 0 aromatic heterocycles. The normalized spacial score (nSPS) is 19.8. The molecule has 8 nitrogen and oxygen atoms in total. The highest BCUT2D eigenvalue weighted by Crippen LogP contribution is 2.31. The molecular weight excluding hydrogens is 592 g/mol. The van der Waals surface area contributed by atoms with Crippen molar-refractivity contribution in [2.45, 2.75) is 69.9 Å². The van der Waals surface area contributed by atoms with Crippen molar-refractivity contribution in [1.29, 1.82) is 5.26 Å². The second-order valence-electron chi connectivity index (χ2n) is 11.0. The van der Waals surface area contributed by atoms with Crippen molar-refractivity contribution in [3.63, 3.8) is 0 Å². The first-order valence-corrected chi connectivity index (χ1v) is 14.6. The van der Waals surface area contributed by atoms with Crippen LogP contribution in [0.3, 0.4) is 0 Å². The molecular formula is C33H34F4N4O4. The lowest BCUT2D eigenvalue weighted by Gasteiger charge is -2.32. The topological polar surface area (TPSA) is 104 Å². The summed E-state index contributed by atoms with van der Waals surface area (Å²) in [4.78, 5) is 31.3. The fourth-order valence-electron chi connectivity index (χ4n) is 5.25. The number of carbonyl (C=O) groups is 2. The third-order valence-corrected chi connectivity index (χ3v) is 7.82. The van der Waals surface area contributed by atoms with Gasteiger partial charge in [-0.15, -0.1) is 0 Å². The number of hydrogen-bond acceptors (Lipinski definition) is 6. The largest absolute Gasteiger partial charge is 0.490 e. The van der Waals surface area contributed by atoms with Crippen molar-refractivity contribution >= 4 is 18.5 Å². The number of allylic oxidation sites excluding steroid dienone is 2. The van der Waals surface area contributed by atoms with Gasteiger partial charge in [-0.05, 0) is 81.8 Å². The Morgan fingerprint density at radius 3 is 2.16 bits per heavy atom. The van der Waals surface area contributed by atoms with Gasteiger partial charge in [-0.3, -0.25) is 14.6 Å². The van der Waals surface area contributed by atoms with Crippen molar-refractivity contribution in [3.8, 4) is 17.6 Å². The maximum Gasteiger partial charge on any atom is 0.416 e. The number of nitriles is 1. The number of nitrogens with zero attached hydrogens (tertiary/aromatic N) is 3. The van der Waals surface area contributed by atoms with E-state index in [4.69, 9.17) is 14.7 Å². The number of amides is 2. The molecule has 1 aliphatic heterocycles. The number of nitrogens with one attached hydrogen (secondary N) is 1. The Labute approximate surface area is 259 Å². The van der Waals surface area contributed by atoms with E-state index in [0.29, 0.717) is 68.7 Å². The molecule has 2 aromatic rings. The molecule has 4 rings (SSSR count). The molecule has 0 unspecified atom stereocenters. The zero-order chi connectivity index (χ0) is 32.6. The average Bonchev–Trinajstić information content (AvgIpc) is 3.02. The molecule has 2 amide bonds. The standard InChI is InChI=1S/C33H34F4N4O4/c1-21(32(43)41-17-15-27(16-18-41)44-25-10-5-23(6-11-25)33(35,36)37)3-14-30(39-2)31(42)40-24-7-12-26(13-8-24)45-28-9-4-22(20-38)29(34)19-28/h3-6,9-11,14,19,24,26-27H,2,7-8,12-13,15-18H2,1H3,(H,40,42)/b21-3+,30-14-/t24-,26+. The van der Waals surface area contributed by atoms with Gasteiger partial charge in [-0.25, -0.2) is 4.39 Å². The molecule has 1 saturated heterocycles. The molecule has 1 aliphatic carbocycles. The van der Waals surface area contributed by atoms with Crippen molar-refractivity contribution in [2.75, 3.05) is 13.1 Å². The van der Waals surface area contributed by atoms with E-state index in [1.54, 1.807) is 24.0 Å². The summed E-state index contributed by atoms with van der Waals surface area (Å²) in [6.45, 7) is 5.95. The SMILES string of the molecule is C=N/C(=C\C=C(/C)C(=O)N1CCC(Oc2ccc(C(F)(F)F)cc2)CC1)C(=O)N[C@H]1CC[C@@H](Oc2ccc(C#N)c(F)c2)CC1. The summed E-state index contributed by atoms with van der Waals surface area (Å²) < 4.78 is 63.9. The number of halogens is 4. The van der Waals surface area contributed by atoms with Crippen molar-refractivity contribution in [3.05, 3.63) is 82.8 Å². The van der Waals surface area contributed by atoms with Crippen LogP contribution in [0.15, 0.2) is 70.9 Å². The molecule has 0 spiro atoms. The van der Waals surface area contributed by atoms with Crippen LogP contribution in [0, 0.1) is 17.1 Å². The number of benzene rings is 2. The van der Waals surface area contributed by atoms with Gasteiger partial charge in [0.05, 0.1) is 17.2 Å². The Kier molecular flexibility index (Phi) is 11.0. The Bertz CT molecular complexity index is 1480. The van der Waals surface area contributed by atoms with Gasteiger partial charge in [0.1, 0.15) is 35.2 Å². The highest BCUT2D eigenvalue weighted by atomic mass is 19.4. The van der Waals surface area contributed by atoms with E-state index in [1.165, 1.54) is 36.4 Å². The minimum absolute atomic E-state index is 0.0461. The Hall–Kier alpha value is -4.66. The summed E-state index contributed by atoms with van der Waals surface area (Å²) in [6.07, 6.45) is 1.82. The maximum atomic E-state index is 13.9. The summed E-state index contributed by atoms with van der Waals surface area (Å²) in [5.74, 6) is -0.553. The van der Waals surface area contributed by atoms with E-state index in [9.17, 15) is 27.2 Å². The summed E-state index contributed by atoms with van der Waals surface area (Å²) >= 11 is 0. The number of aliphatic imine (C=N–C) groups is 1. The van der Waals surface area contributed by atoms with Gasteiger partial charge in [-0.2, -0.15) is 18.4 Å². The molecule has 2 aromatic carbocycles. The van der Waals surface area contributed by atoms with E-state index < -0.39 is 23.5 Å². The number of piperidine rings is 1. The molecule has 0 atom stereocenters. The van der Waals surface area contributed by atoms with E-state index in [0.717, 1.165) is 12.1 Å². The van der Waals surface area contributed by atoms with E-state index >= 15 is 0 Å². The highest BCUT2D eigenvalue weighted by molar-refractivity contribution is 5.96. The molecule has 45 heavy (non-hydrogen) atoms. The van der Waals surface area contributed by atoms with E-state index in [1.807, 2.05) is 0 Å². The number of hydrogen-bond donors (Lipinski definition) is 1. The van der Waals surface area contributed by atoms with Crippen LogP contribution in [0.4, 0.5) is 17.6 Å². The van der Waals surface area contributed by atoms with Crippen molar-refractivity contribution in [1.82, 2.24) is 10.2 Å². The zero-order valence-electron chi connectivity index (χ0n) is 24.8. The van der Waals surface area contributed by atoms with Gasteiger partial charge < -0.3 is 19.7 Å². The number of alkyl halides is 3. The molecule has 2 fully saturated rings. The first-order valence-electron chi connectivity index (χ1n) is 14.6. The van der Waals surface area contributed by atoms with E-state index in [-0.39, 0.29) is 35.4 Å². The molecule has 0 radical (unpaired) electrons. The molecule has 1 heterocycles. The van der Waals surface area contributed by atoms with Crippen LogP contribution in [-0.4, -0.2) is 54.8 Å². The summed E-state index contributed by atoms with van der Waals surface area (Å²) in [5.41, 5.74) is -0.316. The first-order chi connectivity index (χ1) is 21.5. The number of likely N-dealkylation sites (tertiary alicyclic amines) is 1. The van der Waals surface area contributed by atoms with Crippen LogP contribution in [0.2, 0.25) is 0 Å². The van der Waals surface area contributed by atoms with E-state index in [2.05, 4.69) is 17.0 Å².